The highest BCUT2D eigenvalue weighted by Gasteiger charge is 2.29. The number of nitrogens with two attached hydrogens (primary N) is 1. The third-order valence-electron chi connectivity index (χ3n) is 3.29. The molecule has 1 heterocycles. The van der Waals surface area contributed by atoms with Gasteiger partial charge in [-0.1, -0.05) is 19.0 Å². The molecule has 0 aliphatic rings. The van der Waals surface area contributed by atoms with E-state index in [0.29, 0.717) is 28.7 Å². The maximum absolute atomic E-state index is 13.3. The summed E-state index contributed by atoms with van der Waals surface area (Å²) in [5.41, 5.74) is 6.12. The van der Waals surface area contributed by atoms with Crippen LogP contribution in [0.3, 0.4) is 0 Å². The van der Waals surface area contributed by atoms with Crippen molar-refractivity contribution in [2.75, 3.05) is 0 Å². The van der Waals surface area contributed by atoms with Crippen molar-refractivity contribution < 1.29 is 8.91 Å². The molecule has 2 rings (SSSR count). The number of aromatic nitrogens is 2. The lowest BCUT2D eigenvalue weighted by molar-refractivity contribution is 0.350. The second kappa shape index (κ2) is 5.38. The van der Waals surface area contributed by atoms with E-state index in [9.17, 15) is 4.39 Å². The zero-order chi connectivity index (χ0) is 14.0. The Morgan fingerprint density at radius 1 is 1.37 bits per heavy atom. The molecule has 6 heteroatoms. The molecule has 1 aromatic heterocycles. The van der Waals surface area contributed by atoms with Gasteiger partial charge in [0.15, 0.2) is 5.82 Å². The average molecular weight is 328 g/mol. The molecule has 0 atom stereocenters. The summed E-state index contributed by atoms with van der Waals surface area (Å²) < 4.78 is 19.2. The van der Waals surface area contributed by atoms with Gasteiger partial charge in [-0.05, 0) is 47.0 Å². The predicted molar refractivity (Wildman–Crippen MR) is 73.8 cm³/mol. The summed E-state index contributed by atoms with van der Waals surface area (Å²) in [6.07, 6.45) is 1.40. The molecule has 0 aliphatic heterocycles. The van der Waals surface area contributed by atoms with Gasteiger partial charge in [-0.2, -0.15) is 4.98 Å². The van der Waals surface area contributed by atoms with Crippen LogP contribution in [0.25, 0.3) is 11.5 Å². The van der Waals surface area contributed by atoms with Crippen LogP contribution < -0.4 is 5.73 Å². The summed E-state index contributed by atoms with van der Waals surface area (Å²) in [6, 6.07) is 4.30. The van der Waals surface area contributed by atoms with Gasteiger partial charge in [-0.15, -0.1) is 0 Å². The molecular weight excluding hydrogens is 313 g/mol. The summed E-state index contributed by atoms with van der Waals surface area (Å²) in [5.74, 6) is 0.352. The monoisotopic (exact) mass is 327 g/mol. The standard InChI is InChI=1S/C13H15BrFN3O/c1-3-13(16,4-2)12-17-11(19-18-12)9-7-8(15)5-6-10(9)14/h5-7H,3-4,16H2,1-2H3. The number of rotatable bonds is 4. The normalized spacial score (nSPS) is 11.8. The molecule has 0 bridgehead atoms. The summed E-state index contributed by atoms with van der Waals surface area (Å²) >= 11 is 3.34. The van der Waals surface area contributed by atoms with Gasteiger partial charge in [0.1, 0.15) is 5.82 Å². The highest BCUT2D eigenvalue weighted by Crippen LogP contribution is 2.30. The maximum Gasteiger partial charge on any atom is 0.259 e. The molecule has 0 aliphatic carbocycles. The van der Waals surface area contributed by atoms with Crippen molar-refractivity contribution in [1.82, 2.24) is 10.1 Å². The highest BCUT2D eigenvalue weighted by molar-refractivity contribution is 9.10. The molecule has 2 aromatic rings. The lowest BCUT2D eigenvalue weighted by atomic mass is 9.93. The van der Waals surface area contributed by atoms with Crippen LogP contribution in [0.1, 0.15) is 32.5 Å². The molecule has 0 saturated carbocycles. The fourth-order valence-electron chi connectivity index (χ4n) is 1.76. The molecule has 2 N–H and O–H groups in total. The van der Waals surface area contributed by atoms with Gasteiger partial charge < -0.3 is 10.3 Å². The number of nitrogens with zero attached hydrogens (tertiary/aromatic N) is 2. The van der Waals surface area contributed by atoms with Crippen molar-refractivity contribution >= 4 is 15.9 Å². The van der Waals surface area contributed by atoms with E-state index in [0.717, 1.165) is 0 Å². The van der Waals surface area contributed by atoms with Gasteiger partial charge in [0, 0.05) is 4.47 Å². The van der Waals surface area contributed by atoms with Gasteiger partial charge in [0.25, 0.3) is 5.89 Å². The Kier molecular flexibility index (Phi) is 4.01. The van der Waals surface area contributed by atoms with Crippen LogP contribution in [0.4, 0.5) is 4.39 Å². The van der Waals surface area contributed by atoms with E-state index in [1.807, 2.05) is 13.8 Å². The molecular formula is C13H15BrFN3O. The zero-order valence-electron chi connectivity index (χ0n) is 10.8. The fraction of sp³-hybridized carbons (Fsp3) is 0.385. The zero-order valence-corrected chi connectivity index (χ0v) is 12.4. The van der Waals surface area contributed by atoms with E-state index in [2.05, 4.69) is 26.1 Å². The van der Waals surface area contributed by atoms with Gasteiger partial charge in [0.05, 0.1) is 11.1 Å². The molecule has 102 valence electrons. The van der Waals surface area contributed by atoms with Gasteiger partial charge in [-0.3, -0.25) is 0 Å². The Balaban J connectivity index is 2.44. The number of hydrogen-bond acceptors (Lipinski definition) is 4. The molecule has 4 nitrogen and oxygen atoms in total. The molecule has 0 saturated heterocycles. The molecule has 0 spiro atoms. The largest absolute Gasteiger partial charge is 0.334 e. The van der Waals surface area contributed by atoms with E-state index >= 15 is 0 Å². The minimum atomic E-state index is -0.610. The maximum atomic E-state index is 13.3. The lowest BCUT2D eigenvalue weighted by Gasteiger charge is -2.21. The van der Waals surface area contributed by atoms with Crippen LogP contribution in [0, 0.1) is 5.82 Å². The predicted octanol–water partition coefficient (Wildman–Crippen LogP) is 3.61. The van der Waals surface area contributed by atoms with Gasteiger partial charge in [0.2, 0.25) is 0 Å². The van der Waals surface area contributed by atoms with Crippen LogP contribution in [0.5, 0.6) is 0 Å². The Morgan fingerprint density at radius 2 is 2.05 bits per heavy atom. The topological polar surface area (TPSA) is 64.9 Å². The van der Waals surface area contributed by atoms with Crippen molar-refractivity contribution in [2.45, 2.75) is 32.2 Å². The Morgan fingerprint density at radius 3 is 2.68 bits per heavy atom. The average Bonchev–Trinajstić information content (AvgIpc) is 2.90. The first-order chi connectivity index (χ1) is 9.00. The van der Waals surface area contributed by atoms with Crippen LogP contribution in [0.2, 0.25) is 0 Å². The van der Waals surface area contributed by atoms with Crippen LogP contribution in [-0.2, 0) is 5.54 Å². The summed E-state index contributed by atoms with van der Waals surface area (Å²) in [4.78, 5) is 4.30. The Bertz CT molecular complexity index is 581. The molecule has 0 fully saturated rings. The van der Waals surface area contributed by atoms with Crippen LogP contribution >= 0.6 is 15.9 Å². The Labute approximate surface area is 119 Å². The number of benzene rings is 1. The molecule has 0 amide bonds. The number of halogens is 2. The van der Waals surface area contributed by atoms with E-state index in [1.54, 1.807) is 6.07 Å². The first-order valence-corrected chi connectivity index (χ1v) is 6.88. The lowest BCUT2D eigenvalue weighted by Crippen LogP contribution is -2.36. The van der Waals surface area contributed by atoms with Gasteiger partial charge in [-0.25, -0.2) is 4.39 Å². The molecule has 19 heavy (non-hydrogen) atoms. The minimum absolute atomic E-state index is 0.262. The minimum Gasteiger partial charge on any atom is -0.334 e. The highest BCUT2D eigenvalue weighted by atomic mass is 79.9. The van der Waals surface area contributed by atoms with Crippen molar-refractivity contribution in [3.63, 3.8) is 0 Å². The SMILES string of the molecule is CCC(N)(CC)c1noc(-c2cc(F)ccc2Br)n1. The van der Waals surface area contributed by atoms with Crippen molar-refractivity contribution in [3.05, 3.63) is 34.3 Å². The third-order valence-corrected chi connectivity index (χ3v) is 3.98. The van der Waals surface area contributed by atoms with E-state index < -0.39 is 5.54 Å². The van der Waals surface area contributed by atoms with E-state index in [4.69, 9.17) is 10.3 Å². The molecule has 0 radical (unpaired) electrons. The second-order valence-corrected chi connectivity index (χ2v) is 5.26. The summed E-state index contributed by atoms with van der Waals surface area (Å²) in [7, 11) is 0. The smallest absolute Gasteiger partial charge is 0.259 e. The van der Waals surface area contributed by atoms with Crippen molar-refractivity contribution in [2.24, 2.45) is 5.73 Å². The third kappa shape index (κ3) is 2.69. The van der Waals surface area contributed by atoms with E-state index in [-0.39, 0.29) is 11.7 Å². The molecule has 0 unspecified atom stereocenters. The summed E-state index contributed by atoms with van der Waals surface area (Å²) in [6.45, 7) is 3.94. The van der Waals surface area contributed by atoms with Gasteiger partial charge >= 0.3 is 0 Å². The molecule has 1 aromatic carbocycles. The second-order valence-electron chi connectivity index (χ2n) is 4.41. The summed E-state index contributed by atoms with van der Waals surface area (Å²) in [5, 5.41) is 3.92. The van der Waals surface area contributed by atoms with Crippen LogP contribution in [0.15, 0.2) is 27.2 Å². The Hall–Kier alpha value is -1.27. The quantitative estimate of drug-likeness (QED) is 0.931. The van der Waals surface area contributed by atoms with Crippen molar-refractivity contribution in [1.29, 1.82) is 0 Å². The van der Waals surface area contributed by atoms with Crippen LogP contribution in [-0.4, -0.2) is 10.1 Å². The van der Waals surface area contributed by atoms with E-state index in [1.165, 1.54) is 12.1 Å². The fourth-order valence-corrected chi connectivity index (χ4v) is 2.18. The van der Waals surface area contributed by atoms with Crippen molar-refractivity contribution in [3.8, 4) is 11.5 Å². The first kappa shape index (κ1) is 14.1. The first-order valence-electron chi connectivity index (χ1n) is 6.08. The number of hydrogen-bond donors (Lipinski definition) is 1.